The number of benzene rings is 1. The van der Waals surface area contributed by atoms with Gasteiger partial charge in [-0.2, -0.15) is 5.26 Å². The third-order valence-corrected chi connectivity index (χ3v) is 4.22. The first-order valence-corrected chi connectivity index (χ1v) is 7.88. The van der Waals surface area contributed by atoms with Gasteiger partial charge in [-0.25, -0.2) is 14.4 Å². The van der Waals surface area contributed by atoms with Crippen molar-refractivity contribution in [2.24, 2.45) is 5.92 Å². The average molecular weight is 324 g/mol. The summed E-state index contributed by atoms with van der Waals surface area (Å²) in [4.78, 5) is 22.2. The second-order valence-corrected chi connectivity index (χ2v) is 5.98. The Morgan fingerprint density at radius 1 is 1.38 bits per heavy atom. The van der Waals surface area contributed by atoms with E-state index in [0.29, 0.717) is 25.3 Å². The second-order valence-electron chi connectivity index (χ2n) is 5.98. The Hall–Kier alpha value is -2.81. The van der Waals surface area contributed by atoms with Crippen molar-refractivity contribution >= 4 is 5.78 Å². The highest BCUT2D eigenvalue weighted by atomic mass is 19.1. The number of rotatable bonds is 5. The third kappa shape index (κ3) is 3.74. The number of nitriles is 1. The van der Waals surface area contributed by atoms with Crippen molar-refractivity contribution in [3.63, 3.8) is 0 Å². The van der Waals surface area contributed by atoms with Gasteiger partial charge < -0.3 is 4.90 Å². The number of ketones is 1. The molecule has 0 N–H and O–H groups in total. The topological polar surface area (TPSA) is 69.9 Å². The maximum Gasteiger partial charge on any atom is 0.179 e. The molecule has 0 unspecified atom stereocenters. The second kappa shape index (κ2) is 7.18. The van der Waals surface area contributed by atoms with Crippen molar-refractivity contribution in [2.75, 3.05) is 13.1 Å². The lowest BCUT2D eigenvalue weighted by atomic mass is 9.96. The number of Topliss-reactive ketones (excluding diaryl/α,β-unsaturated/α-hetero) is 1. The lowest BCUT2D eigenvalue weighted by Crippen LogP contribution is -2.16. The van der Waals surface area contributed by atoms with Gasteiger partial charge in [-0.15, -0.1) is 0 Å². The van der Waals surface area contributed by atoms with Crippen molar-refractivity contribution in [1.29, 1.82) is 5.26 Å². The molecule has 6 heteroatoms. The van der Waals surface area contributed by atoms with Crippen LogP contribution in [0.3, 0.4) is 0 Å². The first-order valence-electron chi connectivity index (χ1n) is 7.88. The van der Waals surface area contributed by atoms with Crippen LogP contribution in [-0.2, 0) is 6.42 Å². The van der Waals surface area contributed by atoms with E-state index in [4.69, 9.17) is 5.26 Å². The van der Waals surface area contributed by atoms with Crippen LogP contribution in [-0.4, -0.2) is 33.7 Å². The number of carbonyl (C=O) groups is 1. The molecule has 0 amide bonds. The molecule has 24 heavy (non-hydrogen) atoms. The molecule has 1 aromatic carbocycles. The van der Waals surface area contributed by atoms with Gasteiger partial charge in [0, 0.05) is 38.3 Å². The summed E-state index contributed by atoms with van der Waals surface area (Å²) in [6.45, 7) is 1.25. The first-order chi connectivity index (χ1) is 11.7. The van der Waals surface area contributed by atoms with E-state index in [2.05, 4.69) is 16.2 Å². The highest BCUT2D eigenvalue weighted by Gasteiger charge is 2.25. The van der Waals surface area contributed by atoms with Crippen LogP contribution in [0.15, 0.2) is 36.7 Å². The predicted molar refractivity (Wildman–Crippen MR) is 85.5 cm³/mol. The quantitative estimate of drug-likeness (QED) is 0.624. The molecule has 0 bridgehead atoms. The van der Waals surface area contributed by atoms with E-state index in [-0.39, 0.29) is 23.7 Å². The first kappa shape index (κ1) is 16.1. The van der Waals surface area contributed by atoms with Crippen LogP contribution in [0.5, 0.6) is 0 Å². The van der Waals surface area contributed by atoms with E-state index in [1.807, 2.05) is 0 Å². The monoisotopic (exact) mass is 324 g/mol. The molecule has 0 radical (unpaired) electrons. The van der Waals surface area contributed by atoms with Gasteiger partial charge in [0.05, 0.1) is 5.56 Å². The van der Waals surface area contributed by atoms with Crippen molar-refractivity contribution in [2.45, 2.75) is 19.3 Å². The Bertz CT molecular complexity index is 772. The van der Waals surface area contributed by atoms with Crippen LogP contribution in [0.4, 0.5) is 4.39 Å². The van der Waals surface area contributed by atoms with Gasteiger partial charge in [0.1, 0.15) is 11.6 Å². The van der Waals surface area contributed by atoms with Crippen LogP contribution in [0.1, 0.15) is 34.6 Å². The molecular weight excluding hydrogens is 307 g/mol. The van der Waals surface area contributed by atoms with Crippen molar-refractivity contribution < 1.29 is 9.18 Å². The van der Waals surface area contributed by atoms with Crippen LogP contribution in [0, 0.1) is 23.2 Å². The zero-order chi connectivity index (χ0) is 16.9. The summed E-state index contributed by atoms with van der Waals surface area (Å²) >= 11 is 0. The minimum Gasteiger partial charge on any atom is -0.310 e. The summed E-state index contributed by atoms with van der Waals surface area (Å²) in [5.74, 6) is 0.0100. The predicted octanol–water partition coefficient (Wildman–Crippen LogP) is 2.58. The summed E-state index contributed by atoms with van der Waals surface area (Å²) in [5, 5.41) is 8.85. The molecule has 122 valence electrons. The van der Waals surface area contributed by atoms with Gasteiger partial charge in [-0.05, 0) is 36.1 Å². The van der Waals surface area contributed by atoms with Gasteiger partial charge in [0.15, 0.2) is 12.0 Å². The van der Waals surface area contributed by atoms with Crippen molar-refractivity contribution in [3.05, 3.63) is 59.4 Å². The number of hydrogen-bond donors (Lipinski definition) is 0. The molecule has 0 saturated carbocycles. The Morgan fingerprint density at radius 3 is 2.83 bits per heavy atom. The van der Waals surface area contributed by atoms with E-state index >= 15 is 0 Å². The molecule has 0 aliphatic carbocycles. The number of carbonyl (C=O) groups excluding carboxylic acids is 1. The lowest BCUT2D eigenvalue weighted by molar-refractivity contribution is 0.0959. The highest BCUT2D eigenvalue weighted by Crippen LogP contribution is 2.22. The number of likely N-dealkylation sites (tertiary alicyclic amines) is 1. The van der Waals surface area contributed by atoms with Gasteiger partial charge in [0.25, 0.3) is 0 Å². The van der Waals surface area contributed by atoms with Crippen LogP contribution in [0.2, 0.25) is 0 Å². The molecule has 5 nitrogen and oxygen atoms in total. The van der Waals surface area contributed by atoms with Crippen LogP contribution in [0.25, 0.3) is 0 Å². The molecule has 3 rings (SSSR count). The van der Waals surface area contributed by atoms with E-state index < -0.39 is 5.82 Å². The van der Waals surface area contributed by atoms with Crippen LogP contribution >= 0.6 is 0 Å². The fourth-order valence-corrected chi connectivity index (χ4v) is 2.96. The van der Waals surface area contributed by atoms with E-state index in [9.17, 15) is 9.18 Å². The summed E-state index contributed by atoms with van der Waals surface area (Å²) in [6, 6.07) is 6.37. The number of hydrogen-bond acceptors (Lipinski definition) is 5. The standard InChI is InChI=1S/C18H17FN4O/c19-16-8-13(10-18-21-5-1-6-22-18)2-3-15(16)17(24)9-14-4-7-23(11-14)12-20/h1-3,5-6,8,14H,4,7,9-11H2/t14-/m0/s1. The van der Waals surface area contributed by atoms with E-state index in [1.54, 1.807) is 29.4 Å². The molecule has 1 aliphatic rings. The normalized spacial score (nSPS) is 16.8. The molecule has 1 atom stereocenters. The molecule has 1 fully saturated rings. The summed E-state index contributed by atoms with van der Waals surface area (Å²) in [6.07, 6.45) is 6.86. The third-order valence-electron chi connectivity index (χ3n) is 4.22. The van der Waals surface area contributed by atoms with Crippen molar-refractivity contribution in [3.8, 4) is 6.19 Å². The molecule has 2 heterocycles. The highest BCUT2D eigenvalue weighted by molar-refractivity contribution is 5.96. The largest absolute Gasteiger partial charge is 0.310 e. The zero-order valence-electron chi connectivity index (χ0n) is 13.2. The smallest absolute Gasteiger partial charge is 0.179 e. The minimum absolute atomic E-state index is 0.114. The summed E-state index contributed by atoms with van der Waals surface area (Å²) < 4.78 is 14.3. The fourth-order valence-electron chi connectivity index (χ4n) is 2.96. The average Bonchev–Trinajstić information content (AvgIpc) is 3.03. The van der Waals surface area contributed by atoms with Gasteiger partial charge in [0.2, 0.25) is 0 Å². The Labute approximate surface area is 139 Å². The summed E-state index contributed by atoms with van der Waals surface area (Å²) in [7, 11) is 0. The minimum atomic E-state index is -0.511. The Balaban J connectivity index is 1.66. The Morgan fingerprint density at radius 2 is 2.17 bits per heavy atom. The summed E-state index contributed by atoms with van der Waals surface area (Å²) in [5.41, 5.74) is 0.843. The van der Waals surface area contributed by atoms with E-state index in [1.165, 1.54) is 12.1 Å². The lowest BCUT2D eigenvalue weighted by Gasteiger charge is -2.10. The van der Waals surface area contributed by atoms with Crippen molar-refractivity contribution in [1.82, 2.24) is 14.9 Å². The number of halogens is 1. The molecular formula is C18H17FN4O. The fraction of sp³-hybridized carbons (Fsp3) is 0.333. The van der Waals surface area contributed by atoms with Gasteiger partial charge in [-0.3, -0.25) is 4.79 Å². The van der Waals surface area contributed by atoms with Gasteiger partial charge >= 0.3 is 0 Å². The van der Waals surface area contributed by atoms with Gasteiger partial charge in [-0.1, -0.05) is 6.07 Å². The molecule has 0 spiro atoms. The molecule has 1 aromatic heterocycles. The molecule has 1 saturated heterocycles. The maximum atomic E-state index is 14.3. The van der Waals surface area contributed by atoms with Crippen LogP contribution < -0.4 is 0 Å². The zero-order valence-corrected chi connectivity index (χ0v) is 13.2. The number of aromatic nitrogens is 2. The number of nitrogens with zero attached hydrogens (tertiary/aromatic N) is 4. The van der Waals surface area contributed by atoms with E-state index in [0.717, 1.165) is 12.0 Å². The molecule has 1 aliphatic heterocycles. The molecule has 2 aromatic rings. The Kier molecular flexibility index (Phi) is 4.80. The SMILES string of the molecule is N#CN1CC[C@@H](CC(=O)c2ccc(Cc3ncccn3)cc2F)C1. The maximum absolute atomic E-state index is 14.3.